The Balaban J connectivity index is 1.90. The molecule has 0 radical (unpaired) electrons. The molecule has 0 N–H and O–H groups in total. The van der Waals surface area contributed by atoms with Crippen molar-refractivity contribution in [3.63, 3.8) is 0 Å². The first-order chi connectivity index (χ1) is 11.5. The van der Waals surface area contributed by atoms with Gasteiger partial charge in [-0.1, -0.05) is 31.2 Å². The number of carbonyl (C=O) groups is 1. The number of carbonyl (C=O) groups excluding carboxylic acids is 1. The van der Waals surface area contributed by atoms with Gasteiger partial charge in [-0.2, -0.15) is 0 Å². The average molecular weight is 324 g/mol. The van der Waals surface area contributed by atoms with Crippen LogP contribution in [0.1, 0.15) is 30.9 Å². The largest absolute Gasteiger partial charge is 0.289 e. The third-order valence-corrected chi connectivity index (χ3v) is 4.14. The molecular formula is C21H18F2O. The number of halogens is 2. The number of ketones is 1. The average Bonchev–Trinajstić information content (AvgIpc) is 2.56. The molecule has 0 spiro atoms. The van der Waals surface area contributed by atoms with Crippen molar-refractivity contribution < 1.29 is 13.6 Å². The summed E-state index contributed by atoms with van der Waals surface area (Å²) in [7, 11) is 0. The zero-order valence-electron chi connectivity index (χ0n) is 13.4. The zero-order valence-corrected chi connectivity index (χ0v) is 13.4. The standard InChI is InChI=1S/C21H18F2O/c1-14-10-17(12-15-2-6-19(22)7-3-15)21(24)18(11-14)13-16-4-8-20(23)9-5-16/h2-9,12-14H,10-11H2,1H3/b17-12+,18-13+. The molecule has 1 saturated carbocycles. The lowest BCUT2D eigenvalue weighted by atomic mass is 9.81. The van der Waals surface area contributed by atoms with Gasteiger partial charge in [0.15, 0.2) is 5.78 Å². The van der Waals surface area contributed by atoms with Gasteiger partial charge in [0.25, 0.3) is 0 Å². The van der Waals surface area contributed by atoms with Crippen LogP contribution in [0.25, 0.3) is 12.2 Å². The van der Waals surface area contributed by atoms with E-state index >= 15 is 0 Å². The molecular weight excluding hydrogens is 306 g/mol. The molecule has 1 aliphatic rings. The van der Waals surface area contributed by atoms with E-state index in [9.17, 15) is 13.6 Å². The van der Waals surface area contributed by atoms with E-state index in [1.54, 1.807) is 24.3 Å². The maximum atomic E-state index is 13.0. The topological polar surface area (TPSA) is 17.1 Å². The Kier molecular flexibility index (Phi) is 4.70. The highest BCUT2D eigenvalue weighted by Crippen LogP contribution is 2.32. The fraction of sp³-hybridized carbons (Fsp3) is 0.190. The normalized spacial score (nSPS) is 21.5. The van der Waals surface area contributed by atoms with Crippen LogP contribution in [0.3, 0.4) is 0 Å². The van der Waals surface area contributed by atoms with E-state index in [0.29, 0.717) is 18.8 Å². The van der Waals surface area contributed by atoms with Crippen molar-refractivity contribution >= 4 is 17.9 Å². The van der Waals surface area contributed by atoms with Gasteiger partial charge in [-0.25, -0.2) is 8.78 Å². The summed E-state index contributed by atoms with van der Waals surface area (Å²) in [6.07, 6.45) is 5.07. The van der Waals surface area contributed by atoms with E-state index in [1.807, 2.05) is 12.2 Å². The highest BCUT2D eigenvalue weighted by atomic mass is 19.1. The number of benzene rings is 2. The van der Waals surface area contributed by atoms with Crippen LogP contribution in [0.2, 0.25) is 0 Å². The minimum Gasteiger partial charge on any atom is -0.289 e. The molecule has 2 aromatic rings. The summed E-state index contributed by atoms with van der Waals surface area (Å²) < 4.78 is 26.0. The van der Waals surface area contributed by atoms with Crippen LogP contribution >= 0.6 is 0 Å². The fourth-order valence-electron chi connectivity index (χ4n) is 2.98. The van der Waals surface area contributed by atoms with Gasteiger partial charge in [0.05, 0.1) is 0 Å². The number of rotatable bonds is 2. The Morgan fingerprint density at radius 2 is 1.17 bits per heavy atom. The maximum absolute atomic E-state index is 13.0. The smallest absolute Gasteiger partial charge is 0.185 e. The van der Waals surface area contributed by atoms with Gasteiger partial charge in [-0.15, -0.1) is 0 Å². The molecule has 122 valence electrons. The van der Waals surface area contributed by atoms with Gasteiger partial charge in [0, 0.05) is 11.1 Å². The van der Waals surface area contributed by atoms with Crippen molar-refractivity contribution in [1.82, 2.24) is 0 Å². The summed E-state index contributed by atoms with van der Waals surface area (Å²) in [4.78, 5) is 12.7. The molecule has 1 aliphatic carbocycles. The second kappa shape index (κ2) is 6.91. The van der Waals surface area contributed by atoms with E-state index < -0.39 is 0 Å². The quantitative estimate of drug-likeness (QED) is 0.673. The minimum atomic E-state index is -0.294. The summed E-state index contributed by atoms with van der Waals surface area (Å²) in [6.45, 7) is 2.10. The Morgan fingerprint density at radius 3 is 1.54 bits per heavy atom. The summed E-state index contributed by atoms with van der Waals surface area (Å²) >= 11 is 0. The van der Waals surface area contributed by atoms with Gasteiger partial charge in [0.2, 0.25) is 0 Å². The van der Waals surface area contributed by atoms with Gasteiger partial charge in [-0.3, -0.25) is 4.79 Å². The minimum absolute atomic E-state index is 0.0155. The molecule has 0 bridgehead atoms. The first-order valence-electron chi connectivity index (χ1n) is 7.98. The predicted octanol–water partition coefficient (Wildman–Crippen LogP) is 5.43. The second-order valence-electron chi connectivity index (χ2n) is 6.28. The Hall–Kier alpha value is -2.55. The van der Waals surface area contributed by atoms with E-state index in [0.717, 1.165) is 22.3 Å². The zero-order chi connectivity index (χ0) is 17.1. The highest BCUT2D eigenvalue weighted by Gasteiger charge is 2.25. The summed E-state index contributed by atoms with van der Waals surface area (Å²) in [5.74, 6) is -0.224. The van der Waals surface area contributed by atoms with Crippen LogP contribution in [-0.2, 0) is 4.79 Å². The summed E-state index contributed by atoms with van der Waals surface area (Å²) in [5, 5.41) is 0. The SMILES string of the molecule is CC1C/C(=C\c2ccc(F)cc2)C(=O)/C(=C/c2ccc(F)cc2)C1. The number of hydrogen-bond donors (Lipinski definition) is 0. The molecule has 0 heterocycles. The van der Waals surface area contributed by atoms with Crippen molar-refractivity contribution in [2.45, 2.75) is 19.8 Å². The second-order valence-corrected chi connectivity index (χ2v) is 6.28. The van der Waals surface area contributed by atoms with Crippen LogP contribution in [0, 0.1) is 17.6 Å². The molecule has 2 aromatic carbocycles. The molecule has 0 aromatic heterocycles. The van der Waals surface area contributed by atoms with E-state index in [2.05, 4.69) is 6.92 Å². The van der Waals surface area contributed by atoms with E-state index in [4.69, 9.17) is 0 Å². The molecule has 3 heteroatoms. The molecule has 24 heavy (non-hydrogen) atoms. The van der Waals surface area contributed by atoms with Crippen LogP contribution in [-0.4, -0.2) is 5.78 Å². The summed E-state index contributed by atoms with van der Waals surface area (Å²) in [6, 6.07) is 12.2. The Bertz CT molecular complexity index is 731. The third-order valence-electron chi connectivity index (χ3n) is 4.14. The lowest BCUT2D eigenvalue weighted by Gasteiger charge is -2.22. The number of Topliss-reactive ketones (excluding diaryl/α,β-unsaturated/α-hetero) is 1. The maximum Gasteiger partial charge on any atom is 0.185 e. The van der Waals surface area contributed by atoms with Crippen molar-refractivity contribution in [3.8, 4) is 0 Å². The molecule has 1 fully saturated rings. The third kappa shape index (κ3) is 3.85. The summed E-state index contributed by atoms with van der Waals surface area (Å²) in [5.41, 5.74) is 3.09. The van der Waals surface area contributed by atoms with Gasteiger partial charge >= 0.3 is 0 Å². The molecule has 0 aliphatic heterocycles. The Labute approximate surface area is 140 Å². The molecule has 3 rings (SSSR count). The number of allylic oxidation sites excluding steroid dienone is 2. The highest BCUT2D eigenvalue weighted by molar-refractivity contribution is 6.14. The monoisotopic (exact) mass is 324 g/mol. The fourth-order valence-corrected chi connectivity index (χ4v) is 2.98. The first-order valence-corrected chi connectivity index (χ1v) is 7.98. The molecule has 1 nitrogen and oxygen atoms in total. The van der Waals surface area contributed by atoms with Crippen molar-refractivity contribution in [3.05, 3.63) is 82.4 Å². The van der Waals surface area contributed by atoms with Crippen molar-refractivity contribution in [2.24, 2.45) is 5.92 Å². The lowest BCUT2D eigenvalue weighted by molar-refractivity contribution is -0.113. The molecule has 0 unspecified atom stereocenters. The van der Waals surface area contributed by atoms with Crippen LogP contribution in [0.15, 0.2) is 59.7 Å². The predicted molar refractivity (Wildman–Crippen MR) is 92.2 cm³/mol. The molecule has 0 amide bonds. The Morgan fingerprint density at radius 1 is 0.792 bits per heavy atom. The van der Waals surface area contributed by atoms with Crippen LogP contribution < -0.4 is 0 Å². The van der Waals surface area contributed by atoms with E-state index in [1.165, 1.54) is 24.3 Å². The van der Waals surface area contributed by atoms with Gasteiger partial charge in [0.1, 0.15) is 11.6 Å². The molecule has 0 saturated heterocycles. The molecule has 0 atom stereocenters. The van der Waals surface area contributed by atoms with Crippen LogP contribution in [0.4, 0.5) is 8.78 Å². The van der Waals surface area contributed by atoms with E-state index in [-0.39, 0.29) is 17.4 Å². The first kappa shape index (κ1) is 16.3. The van der Waals surface area contributed by atoms with Crippen molar-refractivity contribution in [1.29, 1.82) is 0 Å². The van der Waals surface area contributed by atoms with Crippen molar-refractivity contribution in [2.75, 3.05) is 0 Å². The number of hydrogen-bond acceptors (Lipinski definition) is 1. The van der Waals surface area contributed by atoms with Crippen LogP contribution in [0.5, 0.6) is 0 Å². The van der Waals surface area contributed by atoms with Gasteiger partial charge in [-0.05, 0) is 66.3 Å². The van der Waals surface area contributed by atoms with Gasteiger partial charge < -0.3 is 0 Å². The lowest BCUT2D eigenvalue weighted by Crippen LogP contribution is -2.18.